The summed E-state index contributed by atoms with van der Waals surface area (Å²) in [7, 11) is 0. The lowest BCUT2D eigenvalue weighted by atomic mass is 10.2. The van der Waals surface area contributed by atoms with Crippen molar-refractivity contribution in [3.05, 3.63) is 69.0 Å². The maximum atomic E-state index is 12.8. The fourth-order valence-corrected chi connectivity index (χ4v) is 5.39. The minimum Gasteiger partial charge on any atom is -0.345 e. The number of nitrogens with zero attached hydrogens (tertiary/aromatic N) is 2. The van der Waals surface area contributed by atoms with Gasteiger partial charge in [0.25, 0.3) is 5.56 Å². The number of carbonyl (C=O) groups excluding carboxylic acids is 1. The van der Waals surface area contributed by atoms with E-state index in [0.717, 1.165) is 32.4 Å². The van der Waals surface area contributed by atoms with Crippen molar-refractivity contribution < 1.29 is 4.79 Å². The lowest BCUT2D eigenvalue weighted by Crippen LogP contribution is -2.34. The minimum atomic E-state index is -0.310. The third kappa shape index (κ3) is 5.04. The minimum absolute atomic E-state index is 0.0734. The number of hydrogen-bond acceptors (Lipinski definition) is 6. The van der Waals surface area contributed by atoms with Crippen LogP contribution in [-0.4, -0.2) is 31.1 Å². The number of rotatable bonds is 8. The van der Waals surface area contributed by atoms with Gasteiger partial charge in [-0.2, -0.15) is 0 Å². The van der Waals surface area contributed by atoms with Gasteiger partial charge in [0.05, 0.1) is 34.3 Å². The molecule has 0 aliphatic carbocycles. The van der Waals surface area contributed by atoms with Crippen molar-refractivity contribution in [3.8, 4) is 11.3 Å². The largest absolute Gasteiger partial charge is 0.345 e. The molecule has 1 aromatic carbocycles. The summed E-state index contributed by atoms with van der Waals surface area (Å²) in [6.07, 6.45) is 2.51. The van der Waals surface area contributed by atoms with Crippen LogP contribution < -0.4 is 10.9 Å². The number of amides is 1. The molecule has 9 heteroatoms. The first-order valence-corrected chi connectivity index (χ1v) is 12.7. The van der Waals surface area contributed by atoms with Crippen molar-refractivity contribution in [2.45, 2.75) is 51.2 Å². The van der Waals surface area contributed by atoms with Crippen molar-refractivity contribution in [3.63, 3.8) is 0 Å². The molecular formula is C24H27N5O2S2. The number of thiophene rings is 1. The molecule has 7 nitrogen and oxygen atoms in total. The molecule has 172 valence electrons. The SMILES string of the molecule is CCC(NC(=O)C(C)SCc1nc2sc(C)c(C)c2c(=O)[nH]1)c1ncc(-c2ccccc2)[nH]1. The molecule has 4 rings (SSSR count). The predicted octanol–water partition coefficient (Wildman–Crippen LogP) is 4.88. The number of imidazole rings is 1. The molecule has 0 aliphatic rings. The molecule has 0 bridgehead atoms. The fraction of sp³-hybridized carbons (Fsp3) is 0.333. The van der Waals surface area contributed by atoms with E-state index in [1.165, 1.54) is 23.1 Å². The van der Waals surface area contributed by atoms with E-state index in [2.05, 4.69) is 25.3 Å². The predicted molar refractivity (Wildman–Crippen MR) is 136 cm³/mol. The molecule has 0 spiro atoms. The van der Waals surface area contributed by atoms with Crippen LogP contribution in [-0.2, 0) is 10.5 Å². The maximum Gasteiger partial charge on any atom is 0.259 e. The first-order valence-electron chi connectivity index (χ1n) is 10.9. The van der Waals surface area contributed by atoms with Crippen LogP contribution in [0.15, 0.2) is 41.3 Å². The Hall–Kier alpha value is -2.91. The van der Waals surface area contributed by atoms with Crippen LogP contribution in [0.25, 0.3) is 21.5 Å². The Morgan fingerprint density at radius 2 is 1.97 bits per heavy atom. The van der Waals surface area contributed by atoms with Crippen LogP contribution in [0, 0.1) is 13.8 Å². The molecule has 0 radical (unpaired) electrons. The quantitative estimate of drug-likeness (QED) is 0.333. The van der Waals surface area contributed by atoms with Crippen LogP contribution in [0.1, 0.15) is 48.4 Å². The number of aromatic amines is 2. The molecule has 2 atom stereocenters. The normalized spacial score (nSPS) is 13.2. The first-order chi connectivity index (χ1) is 15.9. The smallest absolute Gasteiger partial charge is 0.259 e. The molecule has 33 heavy (non-hydrogen) atoms. The number of thioether (sulfide) groups is 1. The van der Waals surface area contributed by atoms with Crippen LogP contribution in [0.5, 0.6) is 0 Å². The highest BCUT2D eigenvalue weighted by Gasteiger charge is 2.21. The Balaban J connectivity index is 1.39. The summed E-state index contributed by atoms with van der Waals surface area (Å²) >= 11 is 2.97. The molecule has 0 saturated heterocycles. The summed E-state index contributed by atoms with van der Waals surface area (Å²) in [5, 5.41) is 3.45. The van der Waals surface area contributed by atoms with Gasteiger partial charge in [-0.05, 0) is 38.3 Å². The van der Waals surface area contributed by atoms with Crippen molar-refractivity contribution in [1.29, 1.82) is 0 Å². The lowest BCUT2D eigenvalue weighted by Gasteiger charge is -2.18. The monoisotopic (exact) mass is 481 g/mol. The molecule has 0 saturated carbocycles. The van der Waals surface area contributed by atoms with Gasteiger partial charge < -0.3 is 15.3 Å². The van der Waals surface area contributed by atoms with Crippen LogP contribution in [0.4, 0.5) is 0 Å². The Kier molecular flexibility index (Phi) is 6.99. The Morgan fingerprint density at radius 3 is 2.70 bits per heavy atom. The standard InChI is InChI=1S/C24H27N5O2S2/c1-5-17(21-25-11-18(26-21)16-9-7-6-8-10-16)27-22(30)15(4)32-12-19-28-23(31)20-13(2)14(3)33-24(20)29-19/h6-11,15,17H,5,12H2,1-4H3,(H,25,26)(H,27,30)(H,28,29,31). The average Bonchev–Trinajstić information content (AvgIpc) is 3.41. The zero-order valence-corrected chi connectivity index (χ0v) is 20.7. The summed E-state index contributed by atoms with van der Waals surface area (Å²) < 4.78 is 0. The summed E-state index contributed by atoms with van der Waals surface area (Å²) in [5.41, 5.74) is 2.84. The first kappa shape index (κ1) is 23.3. The van der Waals surface area contributed by atoms with Crippen molar-refractivity contribution in [2.24, 2.45) is 0 Å². The lowest BCUT2D eigenvalue weighted by molar-refractivity contribution is -0.121. The second kappa shape index (κ2) is 9.93. The molecule has 0 aliphatic heterocycles. The summed E-state index contributed by atoms with van der Waals surface area (Å²) in [6.45, 7) is 7.81. The van der Waals surface area contributed by atoms with Crippen molar-refractivity contribution in [1.82, 2.24) is 25.3 Å². The topological polar surface area (TPSA) is 104 Å². The highest BCUT2D eigenvalue weighted by Crippen LogP contribution is 2.27. The number of benzene rings is 1. The second-order valence-electron chi connectivity index (χ2n) is 7.95. The fourth-order valence-electron chi connectivity index (χ4n) is 3.58. The Morgan fingerprint density at radius 1 is 1.21 bits per heavy atom. The van der Waals surface area contributed by atoms with E-state index in [0.29, 0.717) is 23.4 Å². The number of carbonyl (C=O) groups is 1. The number of aryl methyl sites for hydroxylation is 2. The van der Waals surface area contributed by atoms with Gasteiger partial charge in [0.15, 0.2) is 0 Å². The van der Waals surface area contributed by atoms with E-state index < -0.39 is 0 Å². The van der Waals surface area contributed by atoms with Crippen LogP contribution in [0.2, 0.25) is 0 Å². The van der Waals surface area contributed by atoms with E-state index in [4.69, 9.17) is 0 Å². The molecule has 2 unspecified atom stereocenters. The highest BCUT2D eigenvalue weighted by atomic mass is 32.2. The van der Waals surface area contributed by atoms with Crippen molar-refractivity contribution in [2.75, 3.05) is 0 Å². The van der Waals surface area contributed by atoms with Gasteiger partial charge in [-0.3, -0.25) is 9.59 Å². The second-order valence-corrected chi connectivity index (χ2v) is 10.5. The Bertz CT molecular complexity index is 1330. The maximum absolute atomic E-state index is 12.8. The van der Waals surface area contributed by atoms with Gasteiger partial charge in [0.2, 0.25) is 5.91 Å². The summed E-state index contributed by atoms with van der Waals surface area (Å²) in [5.74, 6) is 1.70. The van der Waals surface area contributed by atoms with E-state index in [1.807, 2.05) is 58.0 Å². The number of hydrogen-bond donors (Lipinski definition) is 3. The molecule has 0 fully saturated rings. The van der Waals surface area contributed by atoms with Crippen LogP contribution in [0.3, 0.4) is 0 Å². The number of H-pyrrole nitrogens is 2. The van der Waals surface area contributed by atoms with E-state index in [9.17, 15) is 9.59 Å². The molecule has 3 N–H and O–H groups in total. The molecule has 3 heterocycles. The van der Waals surface area contributed by atoms with Gasteiger partial charge in [-0.25, -0.2) is 9.97 Å². The van der Waals surface area contributed by atoms with Crippen molar-refractivity contribution >= 4 is 39.2 Å². The van der Waals surface area contributed by atoms with E-state index >= 15 is 0 Å². The zero-order valence-electron chi connectivity index (χ0n) is 19.1. The molecule has 3 aromatic heterocycles. The third-order valence-electron chi connectivity index (χ3n) is 5.66. The average molecular weight is 482 g/mol. The summed E-state index contributed by atoms with van der Waals surface area (Å²) in [4.78, 5) is 42.5. The van der Waals surface area contributed by atoms with Crippen LogP contribution >= 0.6 is 23.1 Å². The van der Waals surface area contributed by atoms with Gasteiger partial charge in [-0.15, -0.1) is 23.1 Å². The molecular weight excluding hydrogens is 454 g/mol. The number of aromatic nitrogens is 4. The molecule has 4 aromatic rings. The van der Waals surface area contributed by atoms with Gasteiger partial charge in [0, 0.05) is 4.88 Å². The molecule has 1 amide bonds. The highest BCUT2D eigenvalue weighted by molar-refractivity contribution is 7.99. The Labute approximate surface area is 200 Å². The van der Waals surface area contributed by atoms with Gasteiger partial charge in [-0.1, -0.05) is 37.3 Å². The van der Waals surface area contributed by atoms with E-state index in [-0.39, 0.29) is 22.8 Å². The third-order valence-corrected chi connectivity index (χ3v) is 7.92. The number of fused-ring (bicyclic) bond motifs is 1. The van der Waals surface area contributed by atoms with Gasteiger partial charge >= 0.3 is 0 Å². The summed E-state index contributed by atoms with van der Waals surface area (Å²) in [6, 6.07) is 9.77. The number of nitrogens with one attached hydrogen (secondary N) is 3. The van der Waals surface area contributed by atoms with E-state index in [1.54, 1.807) is 6.20 Å². The zero-order chi connectivity index (χ0) is 23.5. The van der Waals surface area contributed by atoms with Gasteiger partial charge in [0.1, 0.15) is 16.5 Å².